The lowest BCUT2D eigenvalue weighted by atomic mass is 10.1. The summed E-state index contributed by atoms with van der Waals surface area (Å²) in [5.41, 5.74) is 2.94. The smallest absolute Gasteiger partial charge is 0.358 e. The van der Waals surface area contributed by atoms with E-state index in [1.807, 2.05) is 62.4 Å². The van der Waals surface area contributed by atoms with Crippen molar-refractivity contribution in [3.63, 3.8) is 0 Å². The minimum Gasteiger partial charge on any atom is -0.494 e. The van der Waals surface area contributed by atoms with E-state index in [4.69, 9.17) is 14.2 Å². The molecule has 0 N–H and O–H groups in total. The molecule has 0 aliphatic carbocycles. The summed E-state index contributed by atoms with van der Waals surface area (Å²) < 4.78 is 18.0. The molecule has 1 heterocycles. The second kappa shape index (κ2) is 9.08. The first kappa shape index (κ1) is 19.5. The van der Waals surface area contributed by atoms with Gasteiger partial charge in [0.15, 0.2) is 5.69 Å². The van der Waals surface area contributed by atoms with E-state index in [2.05, 4.69) is 5.10 Å². The summed E-state index contributed by atoms with van der Waals surface area (Å²) in [6, 6.07) is 17.3. The van der Waals surface area contributed by atoms with E-state index in [0.29, 0.717) is 19.8 Å². The number of hydrogen-bond donors (Lipinski definition) is 0. The number of benzene rings is 2. The topological polar surface area (TPSA) is 62.6 Å². The first-order valence-corrected chi connectivity index (χ1v) is 9.26. The maximum atomic E-state index is 12.1. The lowest BCUT2D eigenvalue weighted by Crippen LogP contribution is -2.08. The second-order valence-corrected chi connectivity index (χ2v) is 6.07. The summed E-state index contributed by atoms with van der Waals surface area (Å²) in [7, 11) is 1.35. The molecular weight excluding hydrogens is 356 g/mol. The number of aromatic nitrogens is 2. The van der Waals surface area contributed by atoms with Crippen LogP contribution < -0.4 is 9.47 Å². The van der Waals surface area contributed by atoms with Crippen LogP contribution in [0.5, 0.6) is 11.5 Å². The SMILES string of the molecule is CCOc1cccc(-c2cc(C(=O)OC)nn2Cc2ccccc2OCC)c1. The number of ether oxygens (including phenoxy) is 3. The lowest BCUT2D eigenvalue weighted by Gasteiger charge is -2.13. The molecule has 2 aromatic carbocycles. The van der Waals surface area contributed by atoms with E-state index in [1.54, 1.807) is 10.7 Å². The van der Waals surface area contributed by atoms with Gasteiger partial charge >= 0.3 is 5.97 Å². The molecule has 28 heavy (non-hydrogen) atoms. The molecule has 0 atom stereocenters. The number of carbonyl (C=O) groups excluding carboxylic acids is 1. The summed E-state index contributed by atoms with van der Waals surface area (Å²) >= 11 is 0. The van der Waals surface area contributed by atoms with Crippen LogP contribution in [0.1, 0.15) is 29.9 Å². The van der Waals surface area contributed by atoms with Crippen LogP contribution in [0.15, 0.2) is 54.6 Å². The van der Waals surface area contributed by atoms with Gasteiger partial charge in [0.05, 0.1) is 32.6 Å². The fourth-order valence-electron chi connectivity index (χ4n) is 2.98. The Hall–Kier alpha value is -3.28. The van der Waals surface area contributed by atoms with Crippen molar-refractivity contribution in [1.82, 2.24) is 9.78 Å². The van der Waals surface area contributed by atoms with E-state index < -0.39 is 5.97 Å². The van der Waals surface area contributed by atoms with E-state index in [0.717, 1.165) is 28.3 Å². The summed E-state index contributed by atoms with van der Waals surface area (Å²) in [6.07, 6.45) is 0. The number of para-hydroxylation sites is 1. The van der Waals surface area contributed by atoms with Crippen LogP contribution in [0.3, 0.4) is 0 Å². The third kappa shape index (κ3) is 4.34. The average Bonchev–Trinajstić information content (AvgIpc) is 3.13. The van der Waals surface area contributed by atoms with Crippen LogP contribution in [-0.2, 0) is 11.3 Å². The van der Waals surface area contributed by atoms with Gasteiger partial charge in [-0.1, -0.05) is 30.3 Å². The molecular formula is C22H24N2O4. The van der Waals surface area contributed by atoms with Crippen LogP contribution >= 0.6 is 0 Å². The van der Waals surface area contributed by atoms with Crippen molar-refractivity contribution in [3.8, 4) is 22.8 Å². The van der Waals surface area contributed by atoms with Crippen molar-refractivity contribution < 1.29 is 19.0 Å². The first-order chi connectivity index (χ1) is 13.7. The minimum absolute atomic E-state index is 0.258. The van der Waals surface area contributed by atoms with Gasteiger partial charge in [0, 0.05) is 11.1 Å². The molecule has 6 nitrogen and oxygen atoms in total. The van der Waals surface area contributed by atoms with Gasteiger partial charge in [0.25, 0.3) is 0 Å². The van der Waals surface area contributed by atoms with Crippen molar-refractivity contribution in [2.24, 2.45) is 0 Å². The monoisotopic (exact) mass is 380 g/mol. The highest BCUT2D eigenvalue weighted by atomic mass is 16.5. The Morgan fingerprint density at radius 1 is 1.00 bits per heavy atom. The molecule has 0 spiro atoms. The molecule has 1 aromatic heterocycles. The number of rotatable bonds is 8. The summed E-state index contributed by atoms with van der Waals surface area (Å²) in [5, 5.41) is 4.48. The lowest BCUT2D eigenvalue weighted by molar-refractivity contribution is 0.0593. The number of methoxy groups -OCH3 is 1. The minimum atomic E-state index is -0.473. The standard InChI is InChI=1S/C22H24N2O4/c1-4-27-18-11-8-10-16(13-18)20-14-19(22(25)26-3)23-24(20)15-17-9-6-7-12-21(17)28-5-2/h6-14H,4-5,15H2,1-3H3. The fraction of sp³-hybridized carbons (Fsp3) is 0.273. The first-order valence-electron chi connectivity index (χ1n) is 9.26. The van der Waals surface area contributed by atoms with Gasteiger partial charge in [-0.2, -0.15) is 5.10 Å². The predicted octanol–water partition coefficient (Wildman–Crippen LogP) is 4.18. The van der Waals surface area contributed by atoms with Crippen LogP contribution in [0, 0.1) is 0 Å². The highest BCUT2D eigenvalue weighted by Gasteiger charge is 2.17. The molecule has 0 aliphatic rings. The van der Waals surface area contributed by atoms with Gasteiger partial charge in [-0.15, -0.1) is 0 Å². The summed E-state index contributed by atoms with van der Waals surface area (Å²) in [6.45, 7) is 5.51. The molecule has 0 aliphatic heterocycles. The molecule has 0 amide bonds. The van der Waals surface area contributed by atoms with Gasteiger partial charge in [-0.05, 0) is 38.1 Å². The van der Waals surface area contributed by atoms with Crippen LogP contribution in [0.2, 0.25) is 0 Å². The zero-order valence-corrected chi connectivity index (χ0v) is 16.3. The summed E-state index contributed by atoms with van der Waals surface area (Å²) in [4.78, 5) is 12.1. The third-order valence-electron chi connectivity index (χ3n) is 4.21. The molecule has 0 unspecified atom stereocenters. The van der Waals surface area contributed by atoms with E-state index >= 15 is 0 Å². The van der Waals surface area contributed by atoms with Gasteiger partial charge in [0.2, 0.25) is 0 Å². The van der Waals surface area contributed by atoms with Gasteiger partial charge in [-0.25, -0.2) is 4.79 Å². The van der Waals surface area contributed by atoms with E-state index in [-0.39, 0.29) is 5.69 Å². The Balaban J connectivity index is 2.04. The van der Waals surface area contributed by atoms with Crippen molar-refractivity contribution >= 4 is 5.97 Å². The van der Waals surface area contributed by atoms with Crippen molar-refractivity contribution in [3.05, 3.63) is 65.9 Å². The quantitative estimate of drug-likeness (QED) is 0.549. The molecule has 146 valence electrons. The van der Waals surface area contributed by atoms with Crippen molar-refractivity contribution in [1.29, 1.82) is 0 Å². The molecule has 3 aromatic rings. The number of nitrogens with zero attached hydrogens (tertiary/aromatic N) is 2. The van der Waals surface area contributed by atoms with Crippen LogP contribution in [0.25, 0.3) is 11.3 Å². The Morgan fingerprint density at radius 2 is 1.79 bits per heavy atom. The van der Waals surface area contributed by atoms with Gasteiger partial charge in [-0.3, -0.25) is 4.68 Å². The molecule has 0 radical (unpaired) electrons. The normalized spacial score (nSPS) is 10.5. The zero-order valence-electron chi connectivity index (χ0n) is 16.3. The largest absolute Gasteiger partial charge is 0.494 e. The predicted molar refractivity (Wildman–Crippen MR) is 107 cm³/mol. The molecule has 0 saturated carbocycles. The number of esters is 1. The molecule has 0 saturated heterocycles. The average molecular weight is 380 g/mol. The Labute approximate surface area is 164 Å². The molecule has 3 rings (SSSR count). The van der Waals surface area contributed by atoms with Crippen LogP contribution in [0.4, 0.5) is 0 Å². The second-order valence-electron chi connectivity index (χ2n) is 6.07. The Morgan fingerprint density at radius 3 is 2.54 bits per heavy atom. The number of hydrogen-bond acceptors (Lipinski definition) is 5. The molecule has 6 heteroatoms. The van der Waals surface area contributed by atoms with Gasteiger partial charge in [0.1, 0.15) is 11.5 Å². The fourth-order valence-corrected chi connectivity index (χ4v) is 2.98. The number of carbonyl (C=O) groups is 1. The zero-order chi connectivity index (χ0) is 19.9. The maximum absolute atomic E-state index is 12.1. The summed E-state index contributed by atoms with van der Waals surface area (Å²) in [5.74, 6) is 1.09. The van der Waals surface area contributed by atoms with E-state index in [1.165, 1.54) is 7.11 Å². The third-order valence-corrected chi connectivity index (χ3v) is 4.21. The Kier molecular flexibility index (Phi) is 6.32. The molecule has 0 fully saturated rings. The van der Waals surface area contributed by atoms with Crippen molar-refractivity contribution in [2.45, 2.75) is 20.4 Å². The highest BCUT2D eigenvalue weighted by Crippen LogP contribution is 2.27. The maximum Gasteiger partial charge on any atom is 0.358 e. The van der Waals surface area contributed by atoms with Crippen molar-refractivity contribution in [2.75, 3.05) is 20.3 Å². The molecule has 0 bridgehead atoms. The Bertz CT molecular complexity index is 949. The van der Waals surface area contributed by atoms with Gasteiger partial charge < -0.3 is 14.2 Å². The highest BCUT2D eigenvalue weighted by molar-refractivity contribution is 5.88. The van der Waals surface area contributed by atoms with E-state index in [9.17, 15) is 4.79 Å². The van der Waals surface area contributed by atoms with Crippen LogP contribution in [-0.4, -0.2) is 36.1 Å².